The van der Waals surface area contributed by atoms with Gasteiger partial charge in [0, 0.05) is 12.4 Å². The fourth-order valence-corrected chi connectivity index (χ4v) is 1.21. The Morgan fingerprint density at radius 1 is 1.43 bits per heavy atom. The fraction of sp³-hybridized carbons (Fsp3) is 0.545. The molecule has 1 unspecified atom stereocenters. The van der Waals surface area contributed by atoms with Crippen molar-refractivity contribution < 1.29 is 0 Å². The van der Waals surface area contributed by atoms with Gasteiger partial charge in [-0.15, -0.1) is 0 Å². The molecule has 1 aromatic heterocycles. The average Bonchev–Trinajstić information content (AvgIpc) is 2.25. The van der Waals surface area contributed by atoms with Crippen LogP contribution >= 0.6 is 0 Å². The van der Waals surface area contributed by atoms with Crippen LogP contribution in [0.2, 0.25) is 0 Å². The highest BCUT2D eigenvalue weighted by Crippen LogP contribution is 1.96. The monoisotopic (exact) mass is 193 g/mol. The molecule has 1 rings (SSSR count). The number of rotatable bonds is 6. The van der Waals surface area contributed by atoms with Crippen molar-refractivity contribution in [2.75, 3.05) is 19.6 Å². The van der Waals surface area contributed by atoms with E-state index < -0.39 is 0 Å². The van der Waals surface area contributed by atoms with Crippen molar-refractivity contribution in [2.24, 2.45) is 11.7 Å². The molecule has 0 aliphatic rings. The quantitative estimate of drug-likeness (QED) is 0.657. The summed E-state index contributed by atoms with van der Waals surface area (Å²) in [5.74, 6) is 0.562. The molecule has 0 saturated heterocycles. The summed E-state index contributed by atoms with van der Waals surface area (Å²) in [5, 5.41) is 3.38. The van der Waals surface area contributed by atoms with Crippen LogP contribution < -0.4 is 11.1 Å². The van der Waals surface area contributed by atoms with Gasteiger partial charge in [-0.1, -0.05) is 6.92 Å². The molecule has 3 heteroatoms. The van der Waals surface area contributed by atoms with Gasteiger partial charge in [-0.2, -0.15) is 0 Å². The van der Waals surface area contributed by atoms with Crippen molar-refractivity contribution in [3.8, 4) is 0 Å². The molecule has 0 aliphatic heterocycles. The number of nitrogens with zero attached hydrogens (tertiary/aromatic N) is 1. The molecule has 0 saturated carbocycles. The summed E-state index contributed by atoms with van der Waals surface area (Å²) in [6.45, 7) is 4.91. The highest BCUT2D eigenvalue weighted by atomic mass is 14.9. The maximum atomic E-state index is 5.52. The van der Waals surface area contributed by atoms with Crippen LogP contribution in [0.15, 0.2) is 24.5 Å². The molecule has 78 valence electrons. The number of hydrogen-bond acceptors (Lipinski definition) is 3. The molecule has 3 N–H and O–H groups in total. The molecule has 1 aromatic rings. The molecule has 0 spiro atoms. The summed E-state index contributed by atoms with van der Waals surface area (Å²) in [7, 11) is 0. The van der Waals surface area contributed by atoms with E-state index in [0.29, 0.717) is 5.92 Å². The average molecular weight is 193 g/mol. The summed E-state index contributed by atoms with van der Waals surface area (Å²) in [6, 6.07) is 4.10. The van der Waals surface area contributed by atoms with Crippen molar-refractivity contribution in [3.05, 3.63) is 30.1 Å². The minimum atomic E-state index is 0.562. The van der Waals surface area contributed by atoms with E-state index in [-0.39, 0.29) is 0 Å². The van der Waals surface area contributed by atoms with Crippen molar-refractivity contribution >= 4 is 0 Å². The van der Waals surface area contributed by atoms with Gasteiger partial charge in [0.15, 0.2) is 0 Å². The van der Waals surface area contributed by atoms with Gasteiger partial charge in [0.25, 0.3) is 0 Å². The van der Waals surface area contributed by atoms with Gasteiger partial charge in [0.05, 0.1) is 0 Å². The Bertz CT molecular complexity index is 236. The topological polar surface area (TPSA) is 50.9 Å². The van der Waals surface area contributed by atoms with E-state index in [2.05, 4.69) is 17.2 Å². The Hall–Kier alpha value is -0.930. The van der Waals surface area contributed by atoms with E-state index in [9.17, 15) is 0 Å². The third-order valence-electron chi connectivity index (χ3n) is 2.23. The summed E-state index contributed by atoms with van der Waals surface area (Å²) in [5.41, 5.74) is 6.84. The molecule has 1 atom stereocenters. The smallest absolute Gasteiger partial charge is 0.0270 e. The fourth-order valence-electron chi connectivity index (χ4n) is 1.21. The Kier molecular flexibility index (Phi) is 5.19. The maximum absolute atomic E-state index is 5.52. The molecule has 0 fully saturated rings. The lowest BCUT2D eigenvalue weighted by atomic mass is 10.1. The van der Waals surface area contributed by atoms with E-state index in [1.54, 1.807) is 0 Å². The van der Waals surface area contributed by atoms with Gasteiger partial charge in [0.2, 0.25) is 0 Å². The zero-order chi connectivity index (χ0) is 10.2. The first-order valence-corrected chi connectivity index (χ1v) is 5.12. The first-order chi connectivity index (χ1) is 6.83. The summed E-state index contributed by atoms with van der Waals surface area (Å²) < 4.78 is 0. The van der Waals surface area contributed by atoms with Crippen LogP contribution in [0.3, 0.4) is 0 Å². The zero-order valence-corrected chi connectivity index (χ0v) is 8.74. The molecule has 0 radical (unpaired) electrons. The van der Waals surface area contributed by atoms with Crippen LogP contribution in [0.4, 0.5) is 0 Å². The third-order valence-corrected chi connectivity index (χ3v) is 2.23. The second kappa shape index (κ2) is 6.51. The van der Waals surface area contributed by atoms with Gasteiger partial charge >= 0.3 is 0 Å². The molecule has 0 amide bonds. The number of nitrogens with one attached hydrogen (secondary N) is 1. The Labute approximate surface area is 85.7 Å². The molecule has 0 aliphatic carbocycles. The predicted octanol–water partition coefficient (Wildman–Crippen LogP) is 0.808. The molecular formula is C11H19N3. The number of aromatic nitrogens is 1. The summed E-state index contributed by atoms with van der Waals surface area (Å²) in [4.78, 5) is 3.98. The lowest BCUT2D eigenvalue weighted by Gasteiger charge is -2.09. The molecular weight excluding hydrogens is 174 g/mol. The van der Waals surface area contributed by atoms with Crippen LogP contribution in [0.1, 0.15) is 12.5 Å². The van der Waals surface area contributed by atoms with Gasteiger partial charge < -0.3 is 11.1 Å². The third kappa shape index (κ3) is 4.35. The Balaban J connectivity index is 2.10. The van der Waals surface area contributed by atoms with Crippen LogP contribution in [0.25, 0.3) is 0 Å². The van der Waals surface area contributed by atoms with Gasteiger partial charge in [-0.25, -0.2) is 0 Å². The molecule has 0 bridgehead atoms. The molecule has 1 heterocycles. The van der Waals surface area contributed by atoms with E-state index in [4.69, 9.17) is 5.73 Å². The first kappa shape index (κ1) is 11.1. The van der Waals surface area contributed by atoms with Crippen molar-refractivity contribution in [1.29, 1.82) is 0 Å². The lowest BCUT2D eigenvalue weighted by molar-refractivity contribution is 0.524. The van der Waals surface area contributed by atoms with Crippen molar-refractivity contribution in [3.63, 3.8) is 0 Å². The van der Waals surface area contributed by atoms with Crippen LogP contribution in [0.5, 0.6) is 0 Å². The standard InChI is InChI=1S/C11H19N3/c1-10(8-12)9-14-7-4-11-2-5-13-6-3-11/h2-3,5-6,10,14H,4,7-9,12H2,1H3. The van der Waals surface area contributed by atoms with E-state index in [1.165, 1.54) is 5.56 Å². The van der Waals surface area contributed by atoms with Gasteiger partial charge in [-0.05, 0) is 49.7 Å². The summed E-state index contributed by atoms with van der Waals surface area (Å²) in [6.07, 6.45) is 4.72. The predicted molar refractivity (Wildman–Crippen MR) is 59.0 cm³/mol. The van der Waals surface area contributed by atoms with E-state index in [0.717, 1.165) is 26.1 Å². The van der Waals surface area contributed by atoms with Crippen molar-refractivity contribution in [2.45, 2.75) is 13.3 Å². The minimum Gasteiger partial charge on any atom is -0.330 e. The van der Waals surface area contributed by atoms with Crippen LogP contribution in [-0.2, 0) is 6.42 Å². The SMILES string of the molecule is CC(CN)CNCCc1ccncc1. The van der Waals surface area contributed by atoms with Crippen LogP contribution in [0, 0.1) is 5.92 Å². The molecule has 14 heavy (non-hydrogen) atoms. The second-order valence-corrected chi connectivity index (χ2v) is 3.65. The maximum Gasteiger partial charge on any atom is 0.0270 e. The highest BCUT2D eigenvalue weighted by Gasteiger charge is 1.97. The number of nitrogens with two attached hydrogens (primary N) is 1. The normalized spacial score (nSPS) is 12.7. The number of hydrogen-bond donors (Lipinski definition) is 2. The highest BCUT2D eigenvalue weighted by molar-refractivity contribution is 5.09. The summed E-state index contributed by atoms with van der Waals surface area (Å²) >= 11 is 0. The Morgan fingerprint density at radius 3 is 2.79 bits per heavy atom. The van der Waals surface area contributed by atoms with Crippen LogP contribution in [-0.4, -0.2) is 24.6 Å². The zero-order valence-electron chi connectivity index (χ0n) is 8.74. The van der Waals surface area contributed by atoms with Gasteiger partial charge in [0.1, 0.15) is 0 Å². The lowest BCUT2D eigenvalue weighted by Crippen LogP contribution is -2.27. The van der Waals surface area contributed by atoms with E-state index >= 15 is 0 Å². The number of pyridine rings is 1. The first-order valence-electron chi connectivity index (χ1n) is 5.12. The van der Waals surface area contributed by atoms with Crippen molar-refractivity contribution in [1.82, 2.24) is 10.3 Å². The minimum absolute atomic E-state index is 0.562. The van der Waals surface area contributed by atoms with Gasteiger partial charge in [-0.3, -0.25) is 4.98 Å². The molecule has 0 aromatic carbocycles. The largest absolute Gasteiger partial charge is 0.330 e. The Morgan fingerprint density at radius 2 is 2.14 bits per heavy atom. The van der Waals surface area contributed by atoms with E-state index in [1.807, 2.05) is 24.5 Å². The second-order valence-electron chi connectivity index (χ2n) is 3.65. The molecule has 3 nitrogen and oxygen atoms in total.